The first-order valence-electron chi connectivity index (χ1n) is 33.5. The summed E-state index contributed by atoms with van der Waals surface area (Å²) in [4.78, 5) is 4.84. The molecule has 14 aromatic carbocycles. The molecule has 0 N–H and O–H groups in total. The van der Waals surface area contributed by atoms with Gasteiger partial charge in [-0.05, 0) is 203 Å². The summed E-state index contributed by atoms with van der Waals surface area (Å²) in [5, 5.41) is 12.0. The van der Waals surface area contributed by atoms with Gasteiger partial charge in [0.15, 0.2) is 0 Å². The van der Waals surface area contributed by atoms with Gasteiger partial charge in [0.2, 0.25) is 0 Å². The Kier molecular flexibility index (Phi) is 13.0. The van der Waals surface area contributed by atoms with E-state index in [2.05, 4.69) is 385 Å². The minimum absolute atomic E-state index is 0.0154. The molecule has 18 rings (SSSR count). The number of fused-ring (bicyclic) bond motifs is 13. The molecule has 6 nitrogen and oxygen atoms in total. The third-order valence-corrected chi connectivity index (χ3v) is 19.9. The Hall–Kier alpha value is -11.9. The molecule has 0 radical (unpaired) electrons. The number of para-hydroxylation sites is 6. The Morgan fingerprint density at radius 1 is 0.198 bits per heavy atom. The second-order valence-corrected chi connectivity index (χ2v) is 27.9. The number of hydrogen-bond donors (Lipinski definition) is 0. The number of anilines is 6. The van der Waals surface area contributed by atoms with Gasteiger partial charge in [-0.1, -0.05) is 187 Å². The van der Waals surface area contributed by atoms with Crippen LogP contribution in [0, 0.1) is 0 Å². The van der Waals surface area contributed by atoms with Crippen LogP contribution in [0.15, 0.2) is 315 Å². The lowest BCUT2D eigenvalue weighted by atomic mass is 9.87. The van der Waals surface area contributed by atoms with Crippen molar-refractivity contribution >= 4 is 132 Å². The predicted octanol–water partition coefficient (Wildman–Crippen LogP) is 24.8. The second kappa shape index (κ2) is 21.9. The van der Waals surface area contributed by atoms with Crippen molar-refractivity contribution in [2.24, 2.45) is 0 Å². The van der Waals surface area contributed by atoms with Crippen molar-refractivity contribution in [2.75, 3.05) is 9.80 Å². The summed E-state index contributed by atoms with van der Waals surface area (Å²) in [6.07, 6.45) is 0. The first kappa shape index (κ1) is 56.9. The molecule has 0 aliphatic rings. The van der Waals surface area contributed by atoms with Crippen LogP contribution in [0.2, 0.25) is 0 Å². The smallest absolute Gasteiger partial charge is 0.0561 e. The van der Waals surface area contributed by atoms with Gasteiger partial charge in [0.1, 0.15) is 0 Å². The Bertz CT molecular complexity index is 5720. The highest BCUT2D eigenvalue weighted by Crippen LogP contribution is 2.47. The van der Waals surface area contributed by atoms with Gasteiger partial charge in [0.05, 0.1) is 44.1 Å². The molecule has 0 spiro atoms. The molecular formula is C90H70N6. The van der Waals surface area contributed by atoms with Gasteiger partial charge >= 0.3 is 0 Å². The van der Waals surface area contributed by atoms with Crippen LogP contribution in [0.3, 0.4) is 0 Å². The van der Waals surface area contributed by atoms with Crippen molar-refractivity contribution in [3.63, 3.8) is 0 Å². The fourth-order valence-electron chi connectivity index (χ4n) is 15.3. The molecule has 0 saturated carbocycles. The second-order valence-electron chi connectivity index (χ2n) is 27.9. The zero-order valence-corrected chi connectivity index (χ0v) is 54.7. The molecule has 0 amide bonds. The SMILES string of the molecule is CC(C)(C)c1cccc(-n2c3ccccc3c3cc(N(c4ccccc4)c4ccc5c6cc7cc8c(cc7cc6n(-c6ccccc6)c5c4)c4ccc(N(c5ccccc5)c5ccc6c(c5)c5ccccc5n6-c5cccc(C(C)(C)C)c5)cc4n8-c4ccccc4)ccc32)c1. The predicted molar refractivity (Wildman–Crippen MR) is 408 cm³/mol. The largest absolute Gasteiger partial charge is 0.310 e. The lowest BCUT2D eigenvalue weighted by Crippen LogP contribution is -2.11. The number of benzene rings is 14. The average Bonchev–Trinajstić information content (AvgIpc) is 1.58. The van der Waals surface area contributed by atoms with Crippen molar-refractivity contribution in [1.29, 1.82) is 0 Å². The molecular weight excluding hydrogens is 1170 g/mol. The number of nitrogens with zero attached hydrogens (tertiary/aromatic N) is 6. The molecule has 4 heterocycles. The molecule has 0 atom stereocenters. The lowest BCUT2D eigenvalue weighted by Gasteiger charge is -2.26. The van der Waals surface area contributed by atoms with Crippen LogP contribution in [0.4, 0.5) is 34.1 Å². The van der Waals surface area contributed by atoms with Gasteiger partial charge < -0.3 is 28.1 Å². The van der Waals surface area contributed by atoms with E-state index in [1.807, 2.05) is 0 Å². The van der Waals surface area contributed by atoms with Crippen LogP contribution in [0.25, 0.3) is 121 Å². The minimum Gasteiger partial charge on any atom is -0.310 e. The van der Waals surface area contributed by atoms with Gasteiger partial charge in [0.25, 0.3) is 0 Å². The number of rotatable bonds is 10. The summed E-state index contributed by atoms with van der Waals surface area (Å²) in [5.74, 6) is 0. The van der Waals surface area contributed by atoms with Crippen molar-refractivity contribution < 1.29 is 0 Å². The van der Waals surface area contributed by atoms with Crippen LogP contribution in [0.5, 0.6) is 0 Å². The quantitative estimate of drug-likeness (QED) is 0.136. The Balaban J connectivity index is 0.802. The molecule has 4 aromatic heterocycles. The van der Waals surface area contributed by atoms with Crippen molar-refractivity contribution in [3.8, 4) is 22.7 Å². The number of aromatic nitrogens is 4. The van der Waals surface area contributed by atoms with Crippen LogP contribution in [0.1, 0.15) is 52.7 Å². The molecule has 0 aliphatic heterocycles. The normalized spacial score (nSPS) is 12.3. The van der Waals surface area contributed by atoms with E-state index < -0.39 is 0 Å². The molecule has 0 bridgehead atoms. The van der Waals surface area contributed by atoms with Gasteiger partial charge in [-0.2, -0.15) is 0 Å². The zero-order valence-electron chi connectivity index (χ0n) is 54.7. The highest BCUT2D eigenvalue weighted by Gasteiger charge is 2.25. The highest BCUT2D eigenvalue weighted by atomic mass is 15.2. The van der Waals surface area contributed by atoms with E-state index >= 15 is 0 Å². The fraction of sp³-hybridized carbons (Fsp3) is 0.0889. The zero-order chi connectivity index (χ0) is 64.6. The average molecular weight is 1240 g/mol. The van der Waals surface area contributed by atoms with Crippen molar-refractivity contribution in [3.05, 3.63) is 327 Å². The molecule has 6 heteroatoms. The summed E-state index contributed by atoms with van der Waals surface area (Å²) in [6, 6.07) is 117. The van der Waals surface area contributed by atoms with Crippen LogP contribution >= 0.6 is 0 Å². The van der Waals surface area contributed by atoms with Crippen LogP contribution in [-0.2, 0) is 10.8 Å². The molecule has 18 aromatic rings. The third kappa shape index (κ3) is 9.22. The molecule has 0 aliphatic carbocycles. The first-order valence-corrected chi connectivity index (χ1v) is 33.5. The van der Waals surface area contributed by atoms with E-state index in [1.54, 1.807) is 0 Å². The monoisotopic (exact) mass is 1230 g/mol. The maximum Gasteiger partial charge on any atom is 0.0561 e. The van der Waals surface area contributed by atoms with E-state index in [4.69, 9.17) is 0 Å². The molecule has 460 valence electrons. The molecule has 0 fully saturated rings. The topological polar surface area (TPSA) is 26.2 Å². The first-order chi connectivity index (χ1) is 46.9. The molecule has 0 saturated heterocycles. The lowest BCUT2D eigenvalue weighted by molar-refractivity contribution is 0.589. The standard InChI is InChI=1S/C90H70N6/c1-89(2,3)61-25-23-35-67(53-61)95-81-39-21-19-37-73(81)79-55-69(43-47-83(79)95)91(63-27-11-7-12-28-63)71-41-45-75-77-49-59-52-86-78(50-60(59)51-85(77)93(87(75)57-71)65-31-15-9-16-32-65)76-46-42-72(58-88(76)94(86)66-33-17-10-18-34-66)92(64-29-13-8-14-30-64)70-44-48-84-80(56-70)74-38-20-22-40-82(74)96(84)68-36-24-26-62(54-68)90(4,5)6/h7-58H,1-6H3. The maximum absolute atomic E-state index is 2.47. The van der Waals surface area contributed by atoms with Crippen LogP contribution in [-0.4, -0.2) is 18.3 Å². The highest BCUT2D eigenvalue weighted by molar-refractivity contribution is 6.20. The van der Waals surface area contributed by atoms with Crippen molar-refractivity contribution in [1.82, 2.24) is 18.3 Å². The van der Waals surface area contributed by atoms with Gasteiger partial charge in [-0.25, -0.2) is 0 Å². The van der Waals surface area contributed by atoms with E-state index in [0.29, 0.717) is 0 Å². The number of hydrogen-bond acceptors (Lipinski definition) is 2. The summed E-state index contributed by atoms with van der Waals surface area (Å²) in [7, 11) is 0. The summed E-state index contributed by atoms with van der Waals surface area (Å²) in [5.41, 5.74) is 23.0. The summed E-state index contributed by atoms with van der Waals surface area (Å²) >= 11 is 0. The minimum atomic E-state index is 0.0154. The summed E-state index contributed by atoms with van der Waals surface area (Å²) in [6.45, 7) is 13.7. The Morgan fingerprint density at radius 3 is 0.906 bits per heavy atom. The van der Waals surface area contributed by atoms with Gasteiger partial charge in [0, 0.05) is 100.0 Å². The van der Waals surface area contributed by atoms with Crippen molar-refractivity contribution in [2.45, 2.75) is 52.4 Å². The van der Waals surface area contributed by atoms with Crippen LogP contribution < -0.4 is 9.80 Å². The Labute approximate surface area is 558 Å². The fourth-order valence-corrected chi connectivity index (χ4v) is 15.3. The van der Waals surface area contributed by atoms with E-state index in [9.17, 15) is 0 Å². The third-order valence-electron chi connectivity index (χ3n) is 19.9. The van der Waals surface area contributed by atoms with Gasteiger partial charge in [-0.15, -0.1) is 0 Å². The van der Waals surface area contributed by atoms with E-state index in [-0.39, 0.29) is 10.8 Å². The van der Waals surface area contributed by atoms with Gasteiger partial charge in [-0.3, -0.25) is 0 Å². The summed E-state index contributed by atoms with van der Waals surface area (Å²) < 4.78 is 9.82. The van der Waals surface area contributed by atoms with E-state index in [0.717, 1.165) is 67.6 Å². The van der Waals surface area contributed by atoms with E-state index in [1.165, 1.54) is 98.4 Å². The maximum atomic E-state index is 2.47. The molecule has 0 unspecified atom stereocenters. The molecule has 96 heavy (non-hydrogen) atoms. The Morgan fingerprint density at radius 2 is 0.500 bits per heavy atom.